The number of hydrogen-bond acceptors (Lipinski definition) is 3. The van der Waals surface area contributed by atoms with Gasteiger partial charge in [0.25, 0.3) is 0 Å². The zero-order valence-electron chi connectivity index (χ0n) is 11.1. The van der Waals surface area contributed by atoms with Crippen LogP contribution in [0.25, 0.3) is 0 Å². The molecule has 2 unspecified atom stereocenters. The fourth-order valence-electron chi connectivity index (χ4n) is 2.35. The van der Waals surface area contributed by atoms with E-state index >= 15 is 0 Å². The Kier molecular flexibility index (Phi) is 5.37. The highest BCUT2D eigenvalue weighted by Gasteiger charge is 2.27. The first-order valence-corrected chi connectivity index (χ1v) is 7.53. The van der Waals surface area contributed by atoms with Gasteiger partial charge in [0.15, 0.2) is 0 Å². The van der Waals surface area contributed by atoms with E-state index in [1.807, 2.05) is 12.1 Å². The summed E-state index contributed by atoms with van der Waals surface area (Å²) in [5, 5.41) is -0.128. The maximum absolute atomic E-state index is 6.62. The van der Waals surface area contributed by atoms with Gasteiger partial charge in [-0.05, 0) is 40.9 Å². The van der Waals surface area contributed by atoms with E-state index in [-0.39, 0.29) is 5.38 Å². The molecule has 2 rings (SSSR count). The van der Waals surface area contributed by atoms with Crippen LogP contribution in [0.15, 0.2) is 16.6 Å². The molecule has 1 saturated heterocycles. The molecular weight excluding hydrogens is 332 g/mol. The Morgan fingerprint density at radius 1 is 1.32 bits per heavy atom. The lowest BCUT2D eigenvalue weighted by Gasteiger charge is -2.27. The van der Waals surface area contributed by atoms with Crippen molar-refractivity contribution < 1.29 is 14.2 Å². The first-order chi connectivity index (χ1) is 9.17. The molecule has 106 valence electrons. The summed E-state index contributed by atoms with van der Waals surface area (Å²) in [4.78, 5) is 0. The van der Waals surface area contributed by atoms with E-state index in [9.17, 15) is 0 Å². The fraction of sp³-hybridized carbons (Fsp3) is 0.571. The van der Waals surface area contributed by atoms with E-state index < -0.39 is 0 Å². The molecule has 1 fully saturated rings. The van der Waals surface area contributed by atoms with Gasteiger partial charge in [-0.25, -0.2) is 0 Å². The van der Waals surface area contributed by atoms with Gasteiger partial charge in [0.2, 0.25) is 0 Å². The van der Waals surface area contributed by atoms with Crippen molar-refractivity contribution in [3.05, 3.63) is 22.2 Å². The quantitative estimate of drug-likeness (QED) is 0.764. The van der Waals surface area contributed by atoms with E-state index in [1.54, 1.807) is 14.2 Å². The summed E-state index contributed by atoms with van der Waals surface area (Å²) >= 11 is 10.1. The van der Waals surface area contributed by atoms with Crippen LogP contribution in [0.1, 0.15) is 23.8 Å². The molecule has 1 aromatic carbocycles. The Bertz CT molecular complexity index is 433. The summed E-state index contributed by atoms with van der Waals surface area (Å²) < 4.78 is 17.1. The highest BCUT2D eigenvalue weighted by Crippen LogP contribution is 2.42. The molecule has 3 nitrogen and oxygen atoms in total. The van der Waals surface area contributed by atoms with Gasteiger partial charge in [-0.15, -0.1) is 11.6 Å². The maximum atomic E-state index is 6.62. The van der Waals surface area contributed by atoms with Crippen molar-refractivity contribution in [3.63, 3.8) is 0 Å². The predicted octanol–water partition coefficient (Wildman–Crippen LogP) is 4.17. The lowest BCUT2D eigenvalue weighted by atomic mass is 9.93. The molecule has 1 aromatic rings. The minimum atomic E-state index is -0.128. The second-order valence-electron chi connectivity index (χ2n) is 4.61. The Balaban J connectivity index is 2.30. The van der Waals surface area contributed by atoms with Gasteiger partial charge < -0.3 is 14.2 Å². The van der Waals surface area contributed by atoms with Gasteiger partial charge in [-0.2, -0.15) is 0 Å². The predicted molar refractivity (Wildman–Crippen MR) is 79.4 cm³/mol. The van der Waals surface area contributed by atoms with Gasteiger partial charge >= 0.3 is 0 Å². The third-order valence-electron chi connectivity index (χ3n) is 3.41. The van der Waals surface area contributed by atoms with Crippen LogP contribution < -0.4 is 9.47 Å². The average molecular weight is 350 g/mol. The van der Waals surface area contributed by atoms with Gasteiger partial charge in [-0.3, -0.25) is 0 Å². The Labute approximate surface area is 127 Å². The van der Waals surface area contributed by atoms with Crippen LogP contribution in [0.5, 0.6) is 11.5 Å². The van der Waals surface area contributed by atoms with Crippen LogP contribution >= 0.6 is 27.5 Å². The lowest BCUT2D eigenvalue weighted by Crippen LogP contribution is -2.21. The first kappa shape index (κ1) is 14.9. The highest BCUT2D eigenvalue weighted by atomic mass is 79.9. The summed E-state index contributed by atoms with van der Waals surface area (Å²) in [6, 6.07) is 3.84. The third-order valence-corrected chi connectivity index (χ3v) is 4.62. The van der Waals surface area contributed by atoms with Gasteiger partial charge in [0.1, 0.15) is 11.5 Å². The number of halogens is 2. The standard InChI is InChI=1S/C14H18BrClO3/c1-17-12-7-11(15)13(18-2)6-10(12)14(16)9-4-3-5-19-8-9/h6-7,9,14H,3-5,8H2,1-2H3. The van der Waals surface area contributed by atoms with Gasteiger partial charge in [0, 0.05) is 18.1 Å². The summed E-state index contributed by atoms with van der Waals surface area (Å²) in [5.41, 5.74) is 0.958. The van der Waals surface area contributed by atoms with Crippen molar-refractivity contribution in [3.8, 4) is 11.5 Å². The van der Waals surface area contributed by atoms with Crippen molar-refractivity contribution >= 4 is 27.5 Å². The number of alkyl halides is 1. The maximum Gasteiger partial charge on any atom is 0.133 e. The summed E-state index contributed by atoms with van der Waals surface area (Å²) in [7, 11) is 3.29. The van der Waals surface area contributed by atoms with Crippen LogP contribution in [0.2, 0.25) is 0 Å². The topological polar surface area (TPSA) is 27.7 Å². The molecule has 2 atom stereocenters. The largest absolute Gasteiger partial charge is 0.496 e. The molecule has 1 aliphatic rings. The first-order valence-electron chi connectivity index (χ1n) is 6.30. The van der Waals surface area contributed by atoms with E-state index in [0.29, 0.717) is 12.5 Å². The Hall–Kier alpha value is -0.450. The molecule has 0 bridgehead atoms. The van der Waals surface area contributed by atoms with E-state index in [0.717, 1.165) is 41.0 Å². The smallest absolute Gasteiger partial charge is 0.133 e. The average Bonchev–Trinajstić information content (AvgIpc) is 2.47. The van der Waals surface area contributed by atoms with Gasteiger partial charge in [-0.1, -0.05) is 0 Å². The van der Waals surface area contributed by atoms with Crippen LogP contribution in [0, 0.1) is 5.92 Å². The number of hydrogen-bond donors (Lipinski definition) is 0. The molecule has 1 heterocycles. The fourth-order valence-corrected chi connectivity index (χ4v) is 3.20. The van der Waals surface area contributed by atoms with E-state index in [4.69, 9.17) is 25.8 Å². The summed E-state index contributed by atoms with van der Waals surface area (Å²) in [6.45, 7) is 1.54. The lowest BCUT2D eigenvalue weighted by molar-refractivity contribution is 0.0529. The monoisotopic (exact) mass is 348 g/mol. The molecule has 0 saturated carbocycles. The third kappa shape index (κ3) is 3.36. The molecular formula is C14H18BrClO3. The second kappa shape index (κ2) is 6.82. The van der Waals surface area contributed by atoms with E-state index in [1.165, 1.54) is 0 Å². The number of rotatable bonds is 4. The number of methoxy groups -OCH3 is 2. The number of benzene rings is 1. The zero-order chi connectivity index (χ0) is 13.8. The zero-order valence-corrected chi connectivity index (χ0v) is 13.5. The molecule has 0 spiro atoms. The normalized spacial score (nSPS) is 20.9. The van der Waals surface area contributed by atoms with Crippen molar-refractivity contribution in [2.75, 3.05) is 27.4 Å². The Morgan fingerprint density at radius 2 is 2.05 bits per heavy atom. The van der Waals surface area contributed by atoms with Crippen molar-refractivity contribution in [2.24, 2.45) is 5.92 Å². The van der Waals surface area contributed by atoms with Crippen molar-refractivity contribution in [1.82, 2.24) is 0 Å². The minimum Gasteiger partial charge on any atom is -0.496 e. The van der Waals surface area contributed by atoms with Crippen LogP contribution in [-0.2, 0) is 4.74 Å². The SMILES string of the molecule is COc1cc(C(Cl)C2CCCOC2)c(OC)cc1Br. The molecule has 1 aliphatic heterocycles. The van der Waals surface area contributed by atoms with Crippen LogP contribution in [0.4, 0.5) is 0 Å². The van der Waals surface area contributed by atoms with E-state index in [2.05, 4.69) is 15.9 Å². The molecule has 0 aromatic heterocycles. The van der Waals surface area contributed by atoms with Crippen molar-refractivity contribution in [2.45, 2.75) is 18.2 Å². The minimum absolute atomic E-state index is 0.128. The highest BCUT2D eigenvalue weighted by molar-refractivity contribution is 9.10. The number of ether oxygens (including phenoxy) is 3. The van der Waals surface area contributed by atoms with Crippen molar-refractivity contribution in [1.29, 1.82) is 0 Å². The molecule has 0 radical (unpaired) electrons. The molecule has 0 amide bonds. The molecule has 0 N–H and O–H groups in total. The molecule has 0 aliphatic carbocycles. The Morgan fingerprint density at radius 3 is 2.63 bits per heavy atom. The molecule has 19 heavy (non-hydrogen) atoms. The van der Waals surface area contributed by atoms with Crippen LogP contribution in [-0.4, -0.2) is 27.4 Å². The second-order valence-corrected chi connectivity index (χ2v) is 5.93. The van der Waals surface area contributed by atoms with Crippen LogP contribution in [0.3, 0.4) is 0 Å². The summed E-state index contributed by atoms with van der Waals surface area (Å²) in [5.74, 6) is 1.85. The molecule has 5 heteroatoms. The van der Waals surface area contributed by atoms with Gasteiger partial charge in [0.05, 0.1) is 30.7 Å². The summed E-state index contributed by atoms with van der Waals surface area (Å²) in [6.07, 6.45) is 2.14.